The van der Waals surface area contributed by atoms with Crippen LogP contribution in [0, 0.1) is 40.4 Å². The van der Waals surface area contributed by atoms with Crippen molar-refractivity contribution >= 4 is 17.5 Å². The highest BCUT2D eigenvalue weighted by atomic mass is 16.7. The number of nitrogens with zero attached hydrogens (tertiary/aromatic N) is 1. The predicted molar refractivity (Wildman–Crippen MR) is 125 cm³/mol. The van der Waals surface area contributed by atoms with Crippen molar-refractivity contribution in [2.24, 2.45) is 45.6 Å². The second kappa shape index (κ2) is 8.38. The van der Waals surface area contributed by atoms with Crippen molar-refractivity contribution in [3.63, 3.8) is 0 Å². The van der Waals surface area contributed by atoms with E-state index in [0.29, 0.717) is 30.1 Å². The third-order valence-corrected chi connectivity index (χ3v) is 10.4. The van der Waals surface area contributed by atoms with Crippen LogP contribution in [0.25, 0.3) is 0 Å². The van der Waals surface area contributed by atoms with Crippen LogP contribution in [0.3, 0.4) is 0 Å². The van der Waals surface area contributed by atoms with E-state index in [1.54, 1.807) is 0 Å². The molecule has 1 unspecified atom stereocenters. The fourth-order valence-corrected chi connectivity index (χ4v) is 8.55. The van der Waals surface area contributed by atoms with Gasteiger partial charge in [-0.2, -0.15) is 0 Å². The Morgan fingerprint density at radius 2 is 1.94 bits per heavy atom. The summed E-state index contributed by atoms with van der Waals surface area (Å²) in [6.07, 6.45) is 12.9. The van der Waals surface area contributed by atoms with Crippen molar-refractivity contribution in [1.82, 2.24) is 5.32 Å². The molecule has 1 N–H and O–H groups in total. The highest BCUT2D eigenvalue weighted by molar-refractivity contribution is 5.91. The van der Waals surface area contributed by atoms with Gasteiger partial charge in [0.15, 0.2) is 5.78 Å². The summed E-state index contributed by atoms with van der Waals surface area (Å²) in [6, 6.07) is 0. The molecule has 1 aliphatic heterocycles. The van der Waals surface area contributed by atoms with Crippen LogP contribution in [0.15, 0.2) is 16.8 Å². The number of allylic oxidation sites excluding steroid dienone is 1. The summed E-state index contributed by atoms with van der Waals surface area (Å²) in [5.41, 5.74) is 2.92. The first-order chi connectivity index (χ1) is 15.3. The van der Waals surface area contributed by atoms with Crippen LogP contribution >= 0.6 is 0 Å². The minimum absolute atomic E-state index is 0.0599. The number of rotatable bonds is 3. The molecule has 0 aromatic heterocycles. The molecule has 32 heavy (non-hydrogen) atoms. The van der Waals surface area contributed by atoms with Crippen molar-refractivity contribution in [2.45, 2.75) is 85.0 Å². The van der Waals surface area contributed by atoms with E-state index in [4.69, 9.17) is 4.84 Å². The standard InChI is InChI=1S/C27H40N2O3/c1-17(29-32-25(31)18-5-4-14-28-16-18)22-8-9-23-21-7-6-19-15-20(30)10-12-26(19,2)24(21)11-13-27(22,23)3/h15,18,21-24,28H,4-14,16H2,1-3H3/t18?,21-,22+,23-,24-,26-,27+/m0/s1. The third kappa shape index (κ3) is 3.59. The summed E-state index contributed by atoms with van der Waals surface area (Å²) in [5, 5.41) is 7.68. The minimum Gasteiger partial charge on any atom is -0.318 e. The van der Waals surface area contributed by atoms with E-state index in [1.165, 1.54) is 31.3 Å². The molecule has 0 radical (unpaired) electrons. The maximum absolute atomic E-state index is 12.5. The van der Waals surface area contributed by atoms with Crippen LogP contribution in [-0.2, 0) is 14.4 Å². The van der Waals surface area contributed by atoms with Gasteiger partial charge in [-0.05, 0) is 106 Å². The zero-order valence-electron chi connectivity index (χ0n) is 20.1. The maximum atomic E-state index is 12.5. The van der Waals surface area contributed by atoms with Crippen molar-refractivity contribution in [1.29, 1.82) is 0 Å². The monoisotopic (exact) mass is 440 g/mol. The average molecular weight is 441 g/mol. The summed E-state index contributed by atoms with van der Waals surface area (Å²) in [4.78, 5) is 30.0. The Morgan fingerprint density at radius 3 is 2.72 bits per heavy atom. The Morgan fingerprint density at radius 1 is 1.09 bits per heavy atom. The number of carbonyl (C=O) groups excluding carboxylic acids is 2. The molecule has 0 aromatic carbocycles. The van der Waals surface area contributed by atoms with Gasteiger partial charge in [0.2, 0.25) is 0 Å². The molecular weight excluding hydrogens is 400 g/mol. The Balaban J connectivity index is 1.30. The smallest absolute Gasteiger partial charge is 0.318 e. The molecule has 1 heterocycles. The lowest BCUT2D eigenvalue weighted by Gasteiger charge is -2.58. The molecule has 5 rings (SSSR count). The molecular formula is C27H40N2O3. The predicted octanol–water partition coefficient (Wildman–Crippen LogP) is 5.05. The van der Waals surface area contributed by atoms with Gasteiger partial charge in [0, 0.05) is 18.9 Å². The quantitative estimate of drug-likeness (QED) is 0.379. The van der Waals surface area contributed by atoms with Gasteiger partial charge in [-0.1, -0.05) is 24.6 Å². The molecule has 176 valence electrons. The number of hydrogen-bond acceptors (Lipinski definition) is 5. The lowest BCUT2D eigenvalue weighted by atomic mass is 9.46. The van der Waals surface area contributed by atoms with E-state index in [9.17, 15) is 9.59 Å². The fourth-order valence-electron chi connectivity index (χ4n) is 8.55. The van der Waals surface area contributed by atoms with Crippen LogP contribution in [0.4, 0.5) is 0 Å². The van der Waals surface area contributed by atoms with Crippen LogP contribution in [0.1, 0.15) is 85.0 Å². The maximum Gasteiger partial charge on any atom is 0.339 e. The average Bonchev–Trinajstić information content (AvgIpc) is 3.15. The molecule has 5 nitrogen and oxygen atoms in total. The molecule has 3 saturated carbocycles. The summed E-state index contributed by atoms with van der Waals surface area (Å²) in [6.45, 7) is 8.70. The Labute approximate surface area is 192 Å². The zero-order valence-corrected chi connectivity index (χ0v) is 20.1. The largest absolute Gasteiger partial charge is 0.339 e. The molecule has 7 atom stereocenters. The third-order valence-electron chi connectivity index (χ3n) is 10.4. The van der Waals surface area contributed by atoms with E-state index in [0.717, 1.165) is 56.7 Å². The van der Waals surface area contributed by atoms with Crippen molar-refractivity contribution in [3.05, 3.63) is 11.6 Å². The highest BCUT2D eigenvalue weighted by Gasteiger charge is 2.59. The van der Waals surface area contributed by atoms with E-state index in [-0.39, 0.29) is 22.7 Å². The van der Waals surface area contributed by atoms with E-state index in [2.05, 4.69) is 31.2 Å². The van der Waals surface area contributed by atoms with Crippen molar-refractivity contribution < 1.29 is 14.4 Å². The summed E-state index contributed by atoms with van der Waals surface area (Å²) in [5.74, 6) is 2.68. The second-order valence-electron chi connectivity index (χ2n) is 11.8. The second-order valence-corrected chi connectivity index (χ2v) is 11.8. The summed E-state index contributed by atoms with van der Waals surface area (Å²) >= 11 is 0. The first kappa shape index (κ1) is 22.3. The number of hydrogen-bond donors (Lipinski definition) is 1. The molecule has 5 heteroatoms. The molecule has 0 amide bonds. The zero-order chi connectivity index (χ0) is 22.5. The summed E-state index contributed by atoms with van der Waals surface area (Å²) in [7, 11) is 0. The van der Waals surface area contributed by atoms with Gasteiger partial charge in [-0.15, -0.1) is 0 Å². The van der Waals surface area contributed by atoms with Gasteiger partial charge in [0.05, 0.1) is 11.6 Å². The fraction of sp³-hybridized carbons (Fsp3) is 0.815. The van der Waals surface area contributed by atoms with E-state index >= 15 is 0 Å². The van der Waals surface area contributed by atoms with Crippen LogP contribution < -0.4 is 5.32 Å². The first-order valence-corrected chi connectivity index (χ1v) is 13.0. The molecule has 1 saturated heterocycles. The molecule has 4 aliphatic carbocycles. The van der Waals surface area contributed by atoms with E-state index < -0.39 is 0 Å². The van der Waals surface area contributed by atoms with Crippen LogP contribution in [-0.4, -0.2) is 30.6 Å². The number of ketones is 1. The van der Waals surface area contributed by atoms with Crippen molar-refractivity contribution in [2.75, 3.05) is 13.1 Å². The number of fused-ring (bicyclic) bond motifs is 5. The minimum atomic E-state index is -0.175. The number of piperidine rings is 1. The SMILES string of the molecule is CC(=NOC(=O)C1CCCNC1)[C@H]1CC[C@H]2[C@@H]3CCC4=CC(=O)CC[C@]4(C)[C@H]3CC[C@]12C. The number of carbonyl (C=O) groups is 2. The lowest BCUT2D eigenvalue weighted by molar-refractivity contribution is -0.149. The van der Waals surface area contributed by atoms with Crippen LogP contribution in [0.5, 0.6) is 0 Å². The van der Waals surface area contributed by atoms with E-state index in [1.807, 2.05) is 6.08 Å². The molecule has 0 aromatic rings. The van der Waals surface area contributed by atoms with Gasteiger partial charge >= 0.3 is 5.97 Å². The Bertz CT molecular complexity index is 842. The van der Waals surface area contributed by atoms with Gasteiger partial charge in [0.25, 0.3) is 0 Å². The molecule has 4 fully saturated rings. The molecule has 0 spiro atoms. The normalized spacial score (nSPS) is 44.2. The first-order valence-electron chi connectivity index (χ1n) is 13.0. The lowest BCUT2D eigenvalue weighted by Crippen LogP contribution is -2.51. The molecule has 0 bridgehead atoms. The Hall–Kier alpha value is -1.49. The number of oxime groups is 1. The van der Waals surface area contributed by atoms with Gasteiger partial charge in [-0.25, -0.2) is 4.79 Å². The molecule has 5 aliphatic rings. The highest BCUT2D eigenvalue weighted by Crippen LogP contribution is 2.66. The van der Waals surface area contributed by atoms with Gasteiger partial charge in [0.1, 0.15) is 0 Å². The number of nitrogens with one attached hydrogen (secondary N) is 1. The van der Waals surface area contributed by atoms with Crippen LogP contribution in [0.2, 0.25) is 0 Å². The van der Waals surface area contributed by atoms with Gasteiger partial charge < -0.3 is 10.2 Å². The van der Waals surface area contributed by atoms with Gasteiger partial charge in [-0.3, -0.25) is 4.79 Å². The van der Waals surface area contributed by atoms with Crippen molar-refractivity contribution in [3.8, 4) is 0 Å². The topological polar surface area (TPSA) is 67.8 Å². The summed E-state index contributed by atoms with van der Waals surface area (Å²) < 4.78 is 0. The Kier molecular flexibility index (Phi) is 5.84.